The van der Waals surface area contributed by atoms with Gasteiger partial charge >= 0.3 is 0 Å². The molecule has 1 unspecified atom stereocenters. The maximum absolute atomic E-state index is 14.1. The summed E-state index contributed by atoms with van der Waals surface area (Å²) in [7, 11) is 1.66. The molecule has 2 aromatic heterocycles. The number of pyridine rings is 1. The van der Waals surface area contributed by atoms with E-state index in [-0.39, 0.29) is 29.5 Å². The van der Waals surface area contributed by atoms with Crippen molar-refractivity contribution in [1.82, 2.24) is 15.2 Å². The van der Waals surface area contributed by atoms with Gasteiger partial charge < -0.3 is 15.6 Å². The van der Waals surface area contributed by atoms with E-state index < -0.39 is 11.7 Å². The number of hydrogen-bond donors (Lipinski definition) is 3. The molecule has 1 atom stereocenters. The summed E-state index contributed by atoms with van der Waals surface area (Å²) < 4.78 is 32.1. The van der Waals surface area contributed by atoms with Crippen LogP contribution in [0, 0.1) is 11.6 Å². The molecule has 0 aliphatic rings. The molecule has 0 aliphatic carbocycles. The van der Waals surface area contributed by atoms with Gasteiger partial charge in [0.05, 0.1) is 23.6 Å². The highest BCUT2D eigenvalue weighted by Crippen LogP contribution is 2.28. The first-order valence-corrected chi connectivity index (χ1v) is 10.8. The Morgan fingerprint density at radius 2 is 1.89 bits per heavy atom. The Labute approximate surface area is 201 Å². The number of rotatable bonds is 8. The standard InChI is InChI=1S/C16H11F2N3O.C10H15NO2/c17-10-6-4-9(5-7-10)13-8-14(21-20-13)15-11(16(19)22)2-1-3-12(15)18;1-13-8-9(5-7-12)10-4-2-3-6-11-10/h1-8H,(H2,19,22)(H,20,21);2-4,6,9,12H,5,7-8H2,1H3. The van der Waals surface area contributed by atoms with Crippen molar-refractivity contribution in [3.05, 3.63) is 95.8 Å². The summed E-state index contributed by atoms with van der Waals surface area (Å²) in [5, 5.41) is 15.6. The number of amides is 1. The number of primary amides is 1. The number of carbonyl (C=O) groups is 1. The van der Waals surface area contributed by atoms with Gasteiger partial charge in [0.1, 0.15) is 11.6 Å². The van der Waals surface area contributed by atoms with Crippen LogP contribution in [-0.2, 0) is 4.74 Å². The Balaban J connectivity index is 0.000000225. The second kappa shape index (κ2) is 12.5. The van der Waals surface area contributed by atoms with E-state index >= 15 is 0 Å². The van der Waals surface area contributed by atoms with E-state index in [9.17, 15) is 13.6 Å². The minimum absolute atomic E-state index is 0.0642. The fourth-order valence-corrected chi connectivity index (χ4v) is 3.51. The van der Waals surface area contributed by atoms with E-state index in [1.807, 2.05) is 18.2 Å². The average Bonchev–Trinajstić information content (AvgIpc) is 3.35. The summed E-state index contributed by atoms with van der Waals surface area (Å²) in [6.07, 6.45) is 2.46. The molecule has 2 aromatic carbocycles. The topological polar surface area (TPSA) is 114 Å². The van der Waals surface area contributed by atoms with Crippen molar-refractivity contribution in [3.8, 4) is 22.5 Å². The smallest absolute Gasteiger partial charge is 0.249 e. The molecule has 0 bridgehead atoms. The lowest BCUT2D eigenvalue weighted by atomic mass is 10.0. The van der Waals surface area contributed by atoms with E-state index in [1.165, 1.54) is 30.3 Å². The maximum atomic E-state index is 14.1. The molecule has 4 aromatic rings. The van der Waals surface area contributed by atoms with Crippen LogP contribution in [0.25, 0.3) is 22.5 Å². The van der Waals surface area contributed by atoms with E-state index in [2.05, 4.69) is 15.2 Å². The van der Waals surface area contributed by atoms with Crippen LogP contribution < -0.4 is 5.73 Å². The van der Waals surface area contributed by atoms with Crippen molar-refractivity contribution in [3.63, 3.8) is 0 Å². The Hall–Kier alpha value is -3.95. The molecule has 182 valence electrons. The normalized spacial score (nSPS) is 11.4. The number of H-pyrrole nitrogens is 1. The number of aliphatic hydroxyl groups excluding tert-OH is 1. The van der Waals surface area contributed by atoms with Gasteiger partial charge in [0.15, 0.2) is 0 Å². The molecular formula is C26H26F2N4O3. The van der Waals surface area contributed by atoms with Crippen LogP contribution in [0.2, 0.25) is 0 Å². The van der Waals surface area contributed by atoms with Crippen molar-refractivity contribution in [2.45, 2.75) is 12.3 Å². The van der Waals surface area contributed by atoms with Crippen LogP contribution in [0.5, 0.6) is 0 Å². The molecule has 0 fully saturated rings. The van der Waals surface area contributed by atoms with Crippen LogP contribution in [0.15, 0.2) is 72.9 Å². The van der Waals surface area contributed by atoms with Gasteiger partial charge in [0.25, 0.3) is 0 Å². The van der Waals surface area contributed by atoms with Crippen LogP contribution >= 0.6 is 0 Å². The van der Waals surface area contributed by atoms with E-state index in [4.69, 9.17) is 15.6 Å². The number of nitrogens with one attached hydrogen (secondary N) is 1. The van der Waals surface area contributed by atoms with Crippen molar-refractivity contribution >= 4 is 5.91 Å². The maximum Gasteiger partial charge on any atom is 0.249 e. The highest BCUT2D eigenvalue weighted by molar-refractivity contribution is 5.99. The number of aliphatic hydroxyl groups is 1. The predicted octanol–water partition coefficient (Wildman–Crippen LogP) is 4.31. The van der Waals surface area contributed by atoms with E-state index in [0.29, 0.717) is 30.0 Å². The molecular weight excluding hydrogens is 454 g/mol. The molecule has 0 saturated heterocycles. The van der Waals surface area contributed by atoms with Crippen molar-refractivity contribution in [2.75, 3.05) is 20.3 Å². The summed E-state index contributed by atoms with van der Waals surface area (Å²) >= 11 is 0. The summed E-state index contributed by atoms with van der Waals surface area (Å²) in [6, 6.07) is 17.2. The second-order valence-electron chi connectivity index (χ2n) is 7.62. The Kier molecular flexibility index (Phi) is 9.16. The van der Waals surface area contributed by atoms with Crippen LogP contribution in [0.4, 0.5) is 8.78 Å². The molecule has 0 saturated carbocycles. The van der Waals surface area contributed by atoms with Crippen LogP contribution in [-0.4, -0.2) is 46.5 Å². The number of hydrogen-bond acceptors (Lipinski definition) is 5. The molecule has 4 N–H and O–H groups in total. The number of aromatic nitrogens is 3. The third-order valence-corrected chi connectivity index (χ3v) is 5.22. The van der Waals surface area contributed by atoms with Gasteiger partial charge in [-0.25, -0.2) is 8.78 Å². The van der Waals surface area contributed by atoms with Gasteiger partial charge in [-0.1, -0.05) is 12.1 Å². The van der Waals surface area contributed by atoms with E-state index in [0.717, 1.165) is 5.69 Å². The van der Waals surface area contributed by atoms with Gasteiger partial charge in [-0.15, -0.1) is 0 Å². The first-order chi connectivity index (χ1) is 16.9. The predicted molar refractivity (Wildman–Crippen MR) is 128 cm³/mol. The summed E-state index contributed by atoms with van der Waals surface area (Å²) in [5.41, 5.74) is 7.89. The zero-order valence-corrected chi connectivity index (χ0v) is 19.1. The van der Waals surface area contributed by atoms with Crippen molar-refractivity contribution in [2.24, 2.45) is 5.73 Å². The van der Waals surface area contributed by atoms with E-state index in [1.54, 1.807) is 31.5 Å². The zero-order valence-electron chi connectivity index (χ0n) is 19.1. The molecule has 9 heteroatoms. The second-order valence-corrected chi connectivity index (χ2v) is 7.62. The number of methoxy groups -OCH3 is 1. The molecule has 0 aliphatic heterocycles. The van der Waals surface area contributed by atoms with Gasteiger partial charge in [0.2, 0.25) is 5.91 Å². The molecule has 2 heterocycles. The largest absolute Gasteiger partial charge is 0.396 e. The number of nitrogens with two attached hydrogens (primary N) is 1. The van der Waals surface area contributed by atoms with Gasteiger partial charge in [-0.05, 0) is 61.0 Å². The third-order valence-electron chi connectivity index (χ3n) is 5.22. The Bertz CT molecular complexity index is 1230. The minimum atomic E-state index is -0.729. The zero-order chi connectivity index (χ0) is 25.2. The molecule has 1 amide bonds. The SMILES string of the molecule is COCC(CCO)c1ccccn1.NC(=O)c1cccc(F)c1-c1cc(-c2ccc(F)cc2)n[nH]1. The lowest BCUT2D eigenvalue weighted by Gasteiger charge is -2.13. The third kappa shape index (κ3) is 6.78. The van der Waals surface area contributed by atoms with Gasteiger partial charge in [-0.2, -0.15) is 5.10 Å². The molecule has 4 rings (SSSR count). The first-order valence-electron chi connectivity index (χ1n) is 10.8. The Morgan fingerprint density at radius 1 is 1.11 bits per heavy atom. The monoisotopic (exact) mass is 480 g/mol. The van der Waals surface area contributed by atoms with Crippen molar-refractivity contribution in [1.29, 1.82) is 0 Å². The lowest BCUT2D eigenvalue weighted by molar-refractivity contribution is 0.100. The molecule has 7 nitrogen and oxygen atoms in total. The highest BCUT2D eigenvalue weighted by Gasteiger charge is 2.17. The fraction of sp³-hybridized carbons (Fsp3) is 0.192. The van der Waals surface area contributed by atoms with Crippen molar-refractivity contribution < 1.29 is 23.4 Å². The Morgan fingerprint density at radius 3 is 2.51 bits per heavy atom. The van der Waals surface area contributed by atoms with Gasteiger partial charge in [-0.3, -0.25) is 14.9 Å². The summed E-state index contributed by atoms with van der Waals surface area (Å²) in [4.78, 5) is 15.7. The number of halogens is 2. The molecule has 0 spiro atoms. The van der Waals surface area contributed by atoms with Gasteiger partial charge in [0, 0.05) is 42.7 Å². The summed E-state index contributed by atoms with van der Waals surface area (Å²) in [6.45, 7) is 0.780. The van der Waals surface area contributed by atoms with Crippen LogP contribution in [0.1, 0.15) is 28.4 Å². The summed E-state index contributed by atoms with van der Waals surface area (Å²) in [5.74, 6) is -1.46. The molecule has 35 heavy (non-hydrogen) atoms. The average molecular weight is 481 g/mol. The highest BCUT2D eigenvalue weighted by atomic mass is 19.1. The fourth-order valence-electron chi connectivity index (χ4n) is 3.51. The quantitative estimate of drug-likeness (QED) is 0.348. The minimum Gasteiger partial charge on any atom is -0.396 e. The molecule has 0 radical (unpaired) electrons. The first kappa shape index (κ1) is 25.7. The number of benzene rings is 2. The van der Waals surface area contributed by atoms with Crippen LogP contribution in [0.3, 0.4) is 0 Å². The number of nitrogens with zero attached hydrogens (tertiary/aromatic N) is 2. The number of carbonyl (C=O) groups excluding carboxylic acids is 1. The lowest BCUT2D eigenvalue weighted by Crippen LogP contribution is -2.13. The number of aromatic amines is 1. The number of ether oxygens (including phenoxy) is 1.